The van der Waals surface area contributed by atoms with Gasteiger partial charge in [-0.1, -0.05) is 0 Å². The van der Waals surface area contributed by atoms with Crippen molar-refractivity contribution in [2.24, 2.45) is 11.8 Å². The highest BCUT2D eigenvalue weighted by Crippen LogP contribution is 2.32. The standard InChI is InChI=1S/C11H22N2O2S/c1-9(11-4-5-11)13-16(14,15)8-10-3-2-6-12-7-10/h9-13H,2-8H2,1H3. The van der Waals surface area contributed by atoms with E-state index in [2.05, 4.69) is 10.0 Å². The van der Waals surface area contributed by atoms with Gasteiger partial charge in [-0.25, -0.2) is 13.1 Å². The number of hydrogen-bond donors (Lipinski definition) is 2. The minimum atomic E-state index is -3.08. The first-order chi connectivity index (χ1) is 7.57. The lowest BCUT2D eigenvalue weighted by Gasteiger charge is -2.23. The third-order valence-electron chi connectivity index (χ3n) is 3.55. The Balaban J connectivity index is 1.81. The summed E-state index contributed by atoms with van der Waals surface area (Å²) >= 11 is 0. The van der Waals surface area contributed by atoms with Crippen molar-refractivity contribution in [2.75, 3.05) is 18.8 Å². The lowest BCUT2D eigenvalue weighted by molar-refractivity contribution is 0.401. The summed E-state index contributed by atoms with van der Waals surface area (Å²) in [6, 6.07) is 0.126. The van der Waals surface area contributed by atoms with Crippen molar-refractivity contribution in [1.82, 2.24) is 10.0 Å². The van der Waals surface area contributed by atoms with E-state index in [9.17, 15) is 8.42 Å². The first-order valence-corrected chi connectivity index (χ1v) is 7.93. The molecule has 2 rings (SSSR count). The van der Waals surface area contributed by atoms with Gasteiger partial charge in [-0.15, -0.1) is 0 Å². The maximum Gasteiger partial charge on any atom is 0.212 e. The molecule has 2 fully saturated rings. The number of nitrogens with one attached hydrogen (secondary N) is 2. The van der Waals surface area contributed by atoms with E-state index in [0.29, 0.717) is 5.92 Å². The summed E-state index contributed by atoms with van der Waals surface area (Å²) < 4.78 is 26.6. The number of hydrogen-bond acceptors (Lipinski definition) is 3. The zero-order valence-electron chi connectivity index (χ0n) is 9.91. The topological polar surface area (TPSA) is 58.2 Å². The first kappa shape index (κ1) is 12.3. The molecule has 0 aromatic heterocycles. The largest absolute Gasteiger partial charge is 0.316 e. The van der Waals surface area contributed by atoms with E-state index in [-0.39, 0.29) is 17.7 Å². The first-order valence-electron chi connectivity index (χ1n) is 6.27. The van der Waals surface area contributed by atoms with Crippen LogP contribution >= 0.6 is 0 Å². The number of piperidine rings is 1. The molecule has 0 spiro atoms. The van der Waals surface area contributed by atoms with Crippen LogP contribution in [0.1, 0.15) is 32.6 Å². The van der Waals surface area contributed by atoms with Gasteiger partial charge >= 0.3 is 0 Å². The summed E-state index contributed by atoms with van der Waals surface area (Å²) in [5, 5.41) is 3.25. The van der Waals surface area contributed by atoms with Gasteiger partial charge in [0.25, 0.3) is 0 Å². The smallest absolute Gasteiger partial charge is 0.212 e. The van der Waals surface area contributed by atoms with Gasteiger partial charge in [-0.05, 0) is 57.5 Å². The average Bonchev–Trinajstić information content (AvgIpc) is 3.00. The molecule has 2 N–H and O–H groups in total. The van der Waals surface area contributed by atoms with E-state index in [4.69, 9.17) is 0 Å². The van der Waals surface area contributed by atoms with E-state index in [1.807, 2.05) is 6.92 Å². The Morgan fingerprint density at radius 2 is 2.12 bits per heavy atom. The fraction of sp³-hybridized carbons (Fsp3) is 1.00. The summed E-state index contributed by atoms with van der Waals surface area (Å²) in [4.78, 5) is 0. The zero-order valence-corrected chi connectivity index (χ0v) is 10.7. The van der Waals surface area contributed by atoms with Gasteiger partial charge in [0.05, 0.1) is 5.75 Å². The minimum absolute atomic E-state index is 0.126. The van der Waals surface area contributed by atoms with E-state index in [1.54, 1.807) is 0 Å². The molecular weight excluding hydrogens is 224 g/mol. The van der Waals surface area contributed by atoms with Gasteiger partial charge in [0.2, 0.25) is 10.0 Å². The molecule has 4 nitrogen and oxygen atoms in total. The van der Waals surface area contributed by atoms with Gasteiger partial charge in [0.1, 0.15) is 0 Å². The second-order valence-electron chi connectivity index (χ2n) is 5.24. The van der Waals surface area contributed by atoms with E-state index >= 15 is 0 Å². The maximum atomic E-state index is 11.9. The van der Waals surface area contributed by atoms with Crippen molar-refractivity contribution in [2.45, 2.75) is 38.6 Å². The summed E-state index contributed by atoms with van der Waals surface area (Å²) in [5.41, 5.74) is 0. The van der Waals surface area contributed by atoms with Crippen LogP contribution in [0.15, 0.2) is 0 Å². The van der Waals surface area contributed by atoms with Crippen LogP contribution in [-0.4, -0.2) is 33.3 Å². The molecule has 2 aliphatic rings. The molecule has 2 atom stereocenters. The molecule has 0 radical (unpaired) electrons. The van der Waals surface area contributed by atoms with Crippen LogP contribution in [0.2, 0.25) is 0 Å². The molecule has 1 saturated heterocycles. The van der Waals surface area contributed by atoms with Crippen molar-refractivity contribution in [3.63, 3.8) is 0 Å². The second-order valence-corrected chi connectivity index (χ2v) is 7.04. The minimum Gasteiger partial charge on any atom is -0.316 e. The van der Waals surface area contributed by atoms with Crippen LogP contribution in [0.25, 0.3) is 0 Å². The summed E-state index contributed by atoms with van der Waals surface area (Å²) in [5.74, 6) is 1.16. The molecule has 16 heavy (non-hydrogen) atoms. The third kappa shape index (κ3) is 3.71. The molecule has 1 heterocycles. The molecule has 0 amide bonds. The number of sulfonamides is 1. The average molecular weight is 246 g/mol. The number of rotatable bonds is 5. The predicted molar refractivity (Wildman–Crippen MR) is 64.7 cm³/mol. The lowest BCUT2D eigenvalue weighted by Crippen LogP contribution is -2.41. The molecule has 0 bridgehead atoms. The Morgan fingerprint density at radius 3 is 2.69 bits per heavy atom. The lowest BCUT2D eigenvalue weighted by atomic mass is 10.0. The van der Waals surface area contributed by atoms with Gasteiger partial charge in [-0.2, -0.15) is 0 Å². The van der Waals surface area contributed by atoms with E-state index < -0.39 is 10.0 Å². The Labute approximate surface area is 98.2 Å². The molecule has 0 aromatic rings. The molecule has 94 valence electrons. The Morgan fingerprint density at radius 1 is 1.38 bits per heavy atom. The predicted octanol–water partition coefficient (Wildman–Crippen LogP) is 0.704. The summed E-state index contributed by atoms with van der Waals surface area (Å²) in [6.45, 7) is 3.86. The van der Waals surface area contributed by atoms with Crippen molar-refractivity contribution in [3.05, 3.63) is 0 Å². The van der Waals surface area contributed by atoms with Crippen molar-refractivity contribution >= 4 is 10.0 Å². The van der Waals surface area contributed by atoms with Crippen LogP contribution in [0.5, 0.6) is 0 Å². The van der Waals surface area contributed by atoms with Gasteiger partial charge in [0, 0.05) is 6.04 Å². The molecule has 0 aromatic carbocycles. The van der Waals surface area contributed by atoms with Crippen molar-refractivity contribution < 1.29 is 8.42 Å². The van der Waals surface area contributed by atoms with Crippen LogP contribution in [0, 0.1) is 11.8 Å². The van der Waals surface area contributed by atoms with Crippen LogP contribution in [0.3, 0.4) is 0 Å². The molecule has 2 unspecified atom stereocenters. The molecule has 1 aliphatic heterocycles. The summed E-state index contributed by atoms with van der Waals surface area (Å²) in [7, 11) is -3.08. The molecule has 1 aliphatic carbocycles. The highest BCUT2D eigenvalue weighted by Gasteiger charge is 2.31. The third-order valence-corrected chi connectivity index (χ3v) is 5.19. The van der Waals surface area contributed by atoms with Crippen molar-refractivity contribution in [1.29, 1.82) is 0 Å². The Kier molecular flexibility index (Phi) is 3.87. The molecule has 1 saturated carbocycles. The fourth-order valence-electron chi connectivity index (χ4n) is 2.40. The summed E-state index contributed by atoms with van der Waals surface area (Å²) in [6.07, 6.45) is 4.48. The van der Waals surface area contributed by atoms with Crippen LogP contribution < -0.4 is 10.0 Å². The second kappa shape index (κ2) is 5.02. The normalized spacial score (nSPS) is 28.9. The fourth-order valence-corrected chi connectivity index (χ4v) is 4.16. The van der Waals surface area contributed by atoms with Crippen LogP contribution in [-0.2, 0) is 10.0 Å². The Hall–Kier alpha value is -0.130. The van der Waals surface area contributed by atoms with Gasteiger partial charge in [0.15, 0.2) is 0 Å². The monoisotopic (exact) mass is 246 g/mol. The van der Waals surface area contributed by atoms with Crippen molar-refractivity contribution in [3.8, 4) is 0 Å². The Bertz CT molecular complexity index is 319. The zero-order chi connectivity index (χ0) is 11.6. The SMILES string of the molecule is CC(NS(=O)(=O)CC1CCCNC1)C1CC1. The van der Waals surface area contributed by atoms with E-state index in [1.165, 1.54) is 12.8 Å². The maximum absolute atomic E-state index is 11.9. The van der Waals surface area contributed by atoms with E-state index in [0.717, 1.165) is 25.9 Å². The molecular formula is C11H22N2O2S. The molecule has 5 heteroatoms. The highest BCUT2D eigenvalue weighted by molar-refractivity contribution is 7.89. The van der Waals surface area contributed by atoms with Gasteiger partial charge < -0.3 is 5.32 Å². The highest BCUT2D eigenvalue weighted by atomic mass is 32.2. The quantitative estimate of drug-likeness (QED) is 0.751. The van der Waals surface area contributed by atoms with Gasteiger partial charge in [-0.3, -0.25) is 0 Å². The van der Waals surface area contributed by atoms with Crippen LogP contribution in [0.4, 0.5) is 0 Å².